The van der Waals surface area contributed by atoms with Crippen molar-refractivity contribution < 1.29 is 14.2 Å². The van der Waals surface area contributed by atoms with E-state index in [9.17, 15) is 0 Å². The number of ether oxygens (including phenoxy) is 3. The summed E-state index contributed by atoms with van der Waals surface area (Å²) in [5, 5.41) is 2.52. The van der Waals surface area contributed by atoms with Crippen molar-refractivity contribution in [2.24, 2.45) is 0 Å². The van der Waals surface area contributed by atoms with Gasteiger partial charge in [-0.2, -0.15) is 0 Å². The van der Waals surface area contributed by atoms with Crippen molar-refractivity contribution in [2.75, 3.05) is 21.3 Å². The minimum absolute atomic E-state index is 0.627. The quantitative estimate of drug-likeness (QED) is 0.529. The molecule has 3 heteroatoms. The van der Waals surface area contributed by atoms with Crippen LogP contribution in [0.2, 0.25) is 0 Å². The fourth-order valence-electron chi connectivity index (χ4n) is 4.27. The summed E-state index contributed by atoms with van der Waals surface area (Å²) >= 11 is 0. The average molecular weight is 374 g/mol. The fraction of sp³-hybridized carbons (Fsp3) is 0.280. The van der Waals surface area contributed by atoms with Crippen molar-refractivity contribution in [3.63, 3.8) is 0 Å². The summed E-state index contributed by atoms with van der Waals surface area (Å²) in [4.78, 5) is 0. The van der Waals surface area contributed by atoms with Gasteiger partial charge in [-0.05, 0) is 65.3 Å². The van der Waals surface area contributed by atoms with Crippen molar-refractivity contribution in [2.45, 2.75) is 25.7 Å². The Balaban J connectivity index is 2.01. The molecule has 1 saturated carbocycles. The predicted molar refractivity (Wildman–Crippen MR) is 115 cm³/mol. The highest BCUT2D eigenvalue weighted by atomic mass is 16.5. The van der Waals surface area contributed by atoms with E-state index in [1.165, 1.54) is 40.3 Å². The van der Waals surface area contributed by atoms with Crippen LogP contribution in [0, 0.1) is 0 Å². The molecule has 4 rings (SSSR count). The summed E-state index contributed by atoms with van der Waals surface area (Å²) in [5.41, 5.74) is 5.19. The molecule has 0 unspecified atom stereocenters. The van der Waals surface area contributed by atoms with Crippen LogP contribution in [0.25, 0.3) is 16.3 Å². The van der Waals surface area contributed by atoms with Gasteiger partial charge in [0.15, 0.2) is 11.5 Å². The second kappa shape index (κ2) is 7.97. The maximum Gasteiger partial charge on any atom is 0.203 e. The molecule has 1 fully saturated rings. The van der Waals surface area contributed by atoms with Crippen LogP contribution in [-0.4, -0.2) is 21.3 Å². The van der Waals surface area contributed by atoms with Gasteiger partial charge in [-0.1, -0.05) is 48.0 Å². The summed E-state index contributed by atoms with van der Waals surface area (Å²) in [6.45, 7) is 0. The highest BCUT2D eigenvalue weighted by molar-refractivity contribution is 5.99. The summed E-state index contributed by atoms with van der Waals surface area (Å²) in [6, 6.07) is 19.3. The molecule has 28 heavy (non-hydrogen) atoms. The maximum absolute atomic E-state index is 5.63. The number of benzene rings is 3. The van der Waals surface area contributed by atoms with Crippen LogP contribution >= 0.6 is 0 Å². The van der Waals surface area contributed by atoms with Gasteiger partial charge in [0.1, 0.15) is 0 Å². The minimum atomic E-state index is 0.627. The van der Waals surface area contributed by atoms with Crippen LogP contribution in [0.1, 0.15) is 36.8 Å². The average Bonchev–Trinajstić information content (AvgIpc) is 3.27. The van der Waals surface area contributed by atoms with Gasteiger partial charge in [0, 0.05) is 0 Å². The Bertz CT molecular complexity index is 995. The molecule has 3 aromatic carbocycles. The predicted octanol–water partition coefficient (Wildman–Crippen LogP) is 6.24. The summed E-state index contributed by atoms with van der Waals surface area (Å²) < 4.78 is 16.8. The molecular weight excluding hydrogens is 348 g/mol. The summed E-state index contributed by atoms with van der Waals surface area (Å²) in [5.74, 6) is 2.00. The Morgan fingerprint density at radius 3 is 2.04 bits per heavy atom. The van der Waals surface area contributed by atoms with E-state index in [0.29, 0.717) is 17.2 Å². The first-order valence-corrected chi connectivity index (χ1v) is 9.77. The van der Waals surface area contributed by atoms with E-state index in [-0.39, 0.29) is 0 Å². The van der Waals surface area contributed by atoms with Gasteiger partial charge in [-0.3, -0.25) is 0 Å². The van der Waals surface area contributed by atoms with Crippen LogP contribution in [0.3, 0.4) is 0 Å². The first-order valence-electron chi connectivity index (χ1n) is 9.77. The molecule has 0 radical (unpaired) electrons. The molecule has 0 bridgehead atoms. The van der Waals surface area contributed by atoms with E-state index in [4.69, 9.17) is 14.2 Å². The summed E-state index contributed by atoms with van der Waals surface area (Å²) in [6.07, 6.45) is 4.76. The normalized spacial score (nSPS) is 13.6. The molecule has 0 N–H and O–H groups in total. The van der Waals surface area contributed by atoms with Crippen molar-refractivity contribution in [3.8, 4) is 17.2 Å². The number of methoxy groups -OCH3 is 3. The Hall–Kier alpha value is -2.94. The van der Waals surface area contributed by atoms with Gasteiger partial charge in [-0.15, -0.1) is 0 Å². The Morgan fingerprint density at radius 2 is 1.39 bits per heavy atom. The molecule has 1 aliphatic rings. The molecule has 0 heterocycles. The third-order valence-electron chi connectivity index (χ3n) is 5.57. The van der Waals surface area contributed by atoms with Gasteiger partial charge < -0.3 is 14.2 Å². The van der Waals surface area contributed by atoms with Gasteiger partial charge >= 0.3 is 0 Å². The summed E-state index contributed by atoms with van der Waals surface area (Å²) in [7, 11) is 4.98. The third kappa shape index (κ3) is 3.22. The van der Waals surface area contributed by atoms with E-state index in [1.54, 1.807) is 21.3 Å². The van der Waals surface area contributed by atoms with Crippen LogP contribution in [0.15, 0.2) is 60.2 Å². The fourth-order valence-corrected chi connectivity index (χ4v) is 4.27. The van der Waals surface area contributed by atoms with Crippen molar-refractivity contribution in [1.82, 2.24) is 0 Å². The van der Waals surface area contributed by atoms with Crippen molar-refractivity contribution in [3.05, 3.63) is 71.3 Å². The van der Waals surface area contributed by atoms with Gasteiger partial charge in [0.25, 0.3) is 0 Å². The maximum atomic E-state index is 5.63. The standard InChI is InChI=1S/C25H26O3/c1-26-22-15-19(16-23(27-2)25(22)28-3)24(18-10-4-5-11-18)21-14-8-12-17-9-6-7-13-20(17)21/h6-9,12-16H,4-5,10-11H2,1-3H3. The molecule has 0 spiro atoms. The van der Waals surface area contributed by atoms with Crippen LogP contribution in [-0.2, 0) is 0 Å². The third-order valence-corrected chi connectivity index (χ3v) is 5.57. The highest BCUT2D eigenvalue weighted by Gasteiger charge is 2.21. The highest BCUT2D eigenvalue weighted by Crippen LogP contribution is 2.44. The van der Waals surface area contributed by atoms with E-state index < -0.39 is 0 Å². The van der Waals surface area contributed by atoms with Crippen LogP contribution in [0.5, 0.6) is 17.2 Å². The van der Waals surface area contributed by atoms with E-state index in [1.807, 2.05) is 0 Å². The van der Waals surface area contributed by atoms with Gasteiger partial charge in [0.05, 0.1) is 21.3 Å². The first-order chi connectivity index (χ1) is 13.8. The van der Waals surface area contributed by atoms with Crippen molar-refractivity contribution >= 4 is 16.3 Å². The van der Waals surface area contributed by atoms with Crippen LogP contribution in [0.4, 0.5) is 0 Å². The van der Waals surface area contributed by atoms with E-state index in [0.717, 1.165) is 18.4 Å². The number of allylic oxidation sites excluding steroid dienone is 1. The minimum Gasteiger partial charge on any atom is -0.493 e. The first kappa shape index (κ1) is 18.4. The molecule has 0 amide bonds. The second-order valence-electron chi connectivity index (χ2n) is 7.13. The molecule has 0 aromatic heterocycles. The largest absolute Gasteiger partial charge is 0.493 e. The Labute approximate surface area is 166 Å². The molecule has 0 atom stereocenters. The lowest BCUT2D eigenvalue weighted by Crippen LogP contribution is -1.99. The number of hydrogen-bond acceptors (Lipinski definition) is 3. The zero-order valence-electron chi connectivity index (χ0n) is 16.7. The molecule has 1 aliphatic carbocycles. The van der Waals surface area contributed by atoms with Gasteiger partial charge in [0.2, 0.25) is 5.75 Å². The smallest absolute Gasteiger partial charge is 0.203 e. The Morgan fingerprint density at radius 1 is 0.750 bits per heavy atom. The SMILES string of the molecule is COc1cc(C(=C2CCCC2)c2cccc3ccccc23)cc(OC)c1OC. The van der Waals surface area contributed by atoms with Crippen LogP contribution < -0.4 is 14.2 Å². The number of rotatable bonds is 5. The lowest BCUT2D eigenvalue weighted by atomic mass is 9.88. The second-order valence-corrected chi connectivity index (χ2v) is 7.13. The molecular formula is C25H26O3. The molecule has 3 aromatic rings. The van der Waals surface area contributed by atoms with Crippen molar-refractivity contribution in [1.29, 1.82) is 0 Å². The zero-order valence-corrected chi connectivity index (χ0v) is 16.7. The Kier molecular flexibility index (Phi) is 5.25. The molecule has 0 saturated heterocycles. The number of fused-ring (bicyclic) bond motifs is 1. The molecule has 0 aliphatic heterocycles. The van der Waals surface area contributed by atoms with E-state index >= 15 is 0 Å². The number of hydrogen-bond donors (Lipinski definition) is 0. The lowest BCUT2D eigenvalue weighted by Gasteiger charge is -2.19. The lowest BCUT2D eigenvalue weighted by molar-refractivity contribution is 0.324. The molecule has 144 valence electrons. The zero-order chi connectivity index (χ0) is 19.5. The molecule has 3 nitrogen and oxygen atoms in total. The van der Waals surface area contributed by atoms with E-state index in [2.05, 4.69) is 54.6 Å². The van der Waals surface area contributed by atoms with Gasteiger partial charge in [-0.25, -0.2) is 0 Å². The monoisotopic (exact) mass is 374 g/mol. The topological polar surface area (TPSA) is 27.7 Å².